The molecule has 2 aromatic rings. The van der Waals surface area contributed by atoms with E-state index in [-0.39, 0.29) is 37.9 Å². The molecule has 0 saturated carbocycles. The zero-order valence-corrected chi connectivity index (χ0v) is 14.0. The van der Waals surface area contributed by atoms with E-state index < -0.39 is 11.9 Å². The van der Waals surface area contributed by atoms with Gasteiger partial charge < -0.3 is 20.1 Å². The number of nitrogens with one attached hydrogen (secondary N) is 1. The summed E-state index contributed by atoms with van der Waals surface area (Å²) in [5.41, 5.74) is 1.03. The van der Waals surface area contributed by atoms with Crippen LogP contribution in [0.2, 0.25) is 0 Å². The Morgan fingerprint density at radius 2 is 2.08 bits per heavy atom. The van der Waals surface area contributed by atoms with Gasteiger partial charge in [0.15, 0.2) is 6.61 Å². The Kier molecular flexibility index (Phi) is 5.48. The number of rotatable bonds is 6. The molecule has 26 heavy (non-hydrogen) atoms. The van der Waals surface area contributed by atoms with Crippen molar-refractivity contribution in [3.63, 3.8) is 0 Å². The first-order valence-electron chi connectivity index (χ1n) is 8.27. The van der Waals surface area contributed by atoms with Gasteiger partial charge in [0.1, 0.15) is 11.6 Å². The number of amides is 2. The predicted octanol–water partition coefficient (Wildman–Crippen LogP) is 1.79. The minimum Gasteiger partial charge on any atom is -0.482 e. The summed E-state index contributed by atoms with van der Waals surface area (Å²) in [6, 6.07) is 12.7. The van der Waals surface area contributed by atoms with E-state index >= 15 is 0 Å². The van der Waals surface area contributed by atoms with Crippen molar-refractivity contribution in [3.05, 3.63) is 59.9 Å². The molecule has 3 rings (SSSR count). The van der Waals surface area contributed by atoms with Crippen LogP contribution < -0.4 is 15.0 Å². The average molecular weight is 358 g/mol. The van der Waals surface area contributed by atoms with Crippen molar-refractivity contribution < 1.29 is 23.8 Å². The Morgan fingerprint density at radius 3 is 2.88 bits per heavy atom. The molecule has 1 atom stereocenters. The predicted molar refractivity (Wildman–Crippen MR) is 93.3 cm³/mol. The maximum Gasteiger partial charge on any atom is 0.265 e. The van der Waals surface area contributed by atoms with Crippen molar-refractivity contribution in [1.82, 2.24) is 5.32 Å². The molecule has 1 aliphatic heterocycles. The first-order chi connectivity index (χ1) is 12.5. The topological polar surface area (TPSA) is 78.9 Å². The summed E-state index contributed by atoms with van der Waals surface area (Å²) in [5.74, 6) is -0.361. The lowest BCUT2D eigenvalue weighted by Gasteiger charge is -2.29. The molecule has 0 bridgehead atoms. The van der Waals surface area contributed by atoms with Gasteiger partial charge in [-0.25, -0.2) is 4.39 Å². The fourth-order valence-corrected chi connectivity index (χ4v) is 2.74. The molecule has 0 aromatic heterocycles. The molecule has 2 aromatic carbocycles. The molecule has 1 heterocycles. The number of aliphatic hydroxyl groups excluding tert-OH is 1. The summed E-state index contributed by atoms with van der Waals surface area (Å²) in [6.45, 7) is 0.119. The van der Waals surface area contributed by atoms with E-state index in [9.17, 15) is 19.1 Å². The summed E-state index contributed by atoms with van der Waals surface area (Å²) in [4.78, 5) is 25.6. The maximum atomic E-state index is 13.2. The van der Waals surface area contributed by atoms with Crippen molar-refractivity contribution in [2.75, 3.05) is 24.6 Å². The van der Waals surface area contributed by atoms with E-state index in [0.717, 1.165) is 0 Å². The molecule has 6 nitrogen and oxygen atoms in total. The number of nitrogens with zero attached hydrogens (tertiary/aromatic N) is 1. The second kappa shape index (κ2) is 7.97. The van der Waals surface area contributed by atoms with E-state index in [1.807, 2.05) is 6.07 Å². The minimum atomic E-state index is -1.000. The third-order valence-corrected chi connectivity index (χ3v) is 4.10. The Labute approximate surface area is 150 Å². The normalized spacial score (nSPS) is 14.4. The number of hydrogen-bond acceptors (Lipinski definition) is 4. The summed E-state index contributed by atoms with van der Waals surface area (Å²) in [6.07, 6.45) is -0.920. The van der Waals surface area contributed by atoms with Gasteiger partial charge in [0.2, 0.25) is 5.91 Å². The van der Waals surface area contributed by atoms with Gasteiger partial charge in [-0.2, -0.15) is 0 Å². The second-order valence-electron chi connectivity index (χ2n) is 5.93. The zero-order valence-electron chi connectivity index (χ0n) is 14.0. The van der Waals surface area contributed by atoms with Gasteiger partial charge >= 0.3 is 0 Å². The number of anilines is 1. The monoisotopic (exact) mass is 358 g/mol. The molecule has 1 unspecified atom stereocenters. The van der Waals surface area contributed by atoms with Crippen LogP contribution in [0, 0.1) is 5.82 Å². The fourth-order valence-electron chi connectivity index (χ4n) is 2.74. The molecule has 0 spiro atoms. The van der Waals surface area contributed by atoms with Crippen molar-refractivity contribution in [1.29, 1.82) is 0 Å². The van der Waals surface area contributed by atoms with Gasteiger partial charge in [-0.3, -0.25) is 9.59 Å². The van der Waals surface area contributed by atoms with E-state index in [0.29, 0.717) is 17.0 Å². The molecule has 1 aliphatic rings. The lowest BCUT2D eigenvalue weighted by molar-refractivity contribution is -0.122. The van der Waals surface area contributed by atoms with Crippen molar-refractivity contribution in [2.45, 2.75) is 12.5 Å². The van der Waals surface area contributed by atoms with Crippen molar-refractivity contribution in [3.8, 4) is 5.75 Å². The molecule has 0 radical (unpaired) electrons. The highest BCUT2D eigenvalue weighted by Gasteiger charge is 2.25. The minimum absolute atomic E-state index is 0.0318. The molecular weight excluding hydrogens is 339 g/mol. The van der Waals surface area contributed by atoms with Crippen LogP contribution >= 0.6 is 0 Å². The third kappa shape index (κ3) is 4.18. The van der Waals surface area contributed by atoms with E-state index in [4.69, 9.17) is 4.74 Å². The number of carbonyl (C=O) groups excluding carboxylic acids is 2. The summed E-state index contributed by atoms with van der Waals surface area (Å²) < 4.78 is 18.5. The first-order valence-corrected chi connectivity index (χ1v) is 8.27. The van der Waals surface area contributed by atoms with Crippen LogP contribution in [0.15, 0.2) is 48.5 Å². The maximum absolute atomic E-state index is 13.2. The number of hydrogen-bond donors (Lipinski definition) is 2. The number of aliphatic hydroxyl groups is 1. The molecule has 136 valence electrons. The van der Waals surface area contributed by atoms with Crippen LogP contribution in [0.25, 0.3) is 0 Å². The summed E-state index contributed by atoms with van der Waals surface area (Å²) in [7, 11) is 0. The molecule has 0 saturated heterocycles. The summed E-state index contributed by atoms with van der Waals surface area (Å²) in [5, 5.41) is 12.6. The lowest BCUT2D eigenvalue weighted by atomic mass is 10.1. The summed E-state index contributed by atoms with van der Waals surface area (Å²) >= 11 is 0. The van der Waals surface area contributed by atoms with Gasteiger partial charge in [-0.05, 0) is 29.8 Å². The second-order valence-corrected chi connectivity index (χ2v) is 5.93. The van der Waals surface area contributed by atoms with E-state index in [1.54, 1.807) is 24.3 Å². The number of ether oxygens (including phenoxy) is 1. The van der Waals surface area contributed by atoms with Gasteiger partial charge in [0.25, 0.3) is 5.91 Å². The Balaban J connectivity index is 1.52. The van der Waals surface area contributed by atoms with Crippen LogP contribution in [0.5, 0.6) is 5.75 Å². The van der Waals surface area contributed by atoms with Crippen molar-refractivity contribution >= 4 is 17.5 Å². The highest BCUT2D eigenvalue weighted by Crippen LogP contribution is 2.31. The largest absolute Gasteiger partial charge is 0.482 e. The molecule has 7 heteroatoms. The molecule has 2 amide bonds. The number of para-hydroxylation sites is 2. The first kappa shape index (κ1) is 17.9. The highest BCUT2D eigenvalue weighted by atomic mass is 19.1. The molecule has 0 aliphatic carbocycles. The SMILES string of the molecule is O=C(CCN1C(=O)COc2ccccc21)NCC(O)c1cccc(F)c1. The standard InChI is InChI=1S/C19H19FN2O4/c20-14-5-3-4-13(10-14)16(23)11-21-18(24)8-9-22-15-6-1-2-7-17(15)26-12-19(22)25/h1-7,10,16,23H,8-9,11-12H2,(H,21,24). The van der Waals surface area contributed by atoms with Crippen molar-refractivity contribution in [2.24, 2.45) is 0 Å². The molecule has 0 fully saturated rings. The zero-order chi connectivity index (χ0) is 18.5. The quantitative estimate of drug-likeness (QED) is 0.825. The van der Waals surface area contributed by atoms with Crippen LogP contribution in [0.3, 0.4) is 0 Å². The van der Waals surface area contributed by atoms with Crippen LogP contribution in [-0.4, -0.2) is 36.6 Å². The van der Waals surface area contributed by atoms with E-state index in [2.05, 4.69) is 5.32 Å². The smallest absolute Gasteiger partial charge is 0.265 e. The van der Waals surface area contributed by atoms with Gasteiger partial charge in [-0.1, -0.05) is 24.3 Å². The third-order valence-electron chi connectivity index (χ3n) is 4.10. The number of halogens is 1. The van der Waals surface area contributed by atoms with Crippen LogP contribution in [0.4, 0.5) is 10.1 Å². The molecular formula is C19H19FN2O4. The van der Waals surface area contributed by atoms with Gasteiger partial charge in [-0.15, -0.1) is 0 Å². The fraction of sp³-hybridized carbons (Fsp3) is 0.263. The number of fused-ring (bicyclic) bond motifs is 1. The highest BCUT2D eigenvalue weighted by molar-refractivity contribution is 5.98. The number of carbonyl (C=O) groups is 2. The van der Waals surface area contributed by atoms with E-state index in [1.165, 1.54) is 23.1 Å². The van der Waals surface area contributed by atoms with Crippen LogP contribution in [0.1, 0.15) is 18.1 Å². The molecule has 2 N–H and O–H groups in total. The number of benzene rings is 2. The average Bonchev–Trinajstić information content (AvgIpc) is 2.65. The van der Waals surface area contributed by atoms with Gasteiger partial charge in [0, 0.05) is 19.5 Å². The Morgan fingerprint density at radius 1 is 1.27 bits per heavy atom. The van der Waals surface area contributed by atoms with Gasteiger partial charge in [0.05, 0.1) is 11.8 Å². The lowest BCUT2D eigenvalue weighted by Crippen LogP contribution is -2.41. The Bertz CT molecular complexity index is 812. The van der Waals surface area contributed by atoms with Crippen LogP contribution in [-0.2, 0) is 9.59 Å². The Hall–Kier alpha value is -2.93.